The van der Waals surface area contributed by atoms with Crippen LogP contribution in [0.25, 0.3) is 0 Å². The molecule has 2 atom stereocenters. The minimum atomic E-state index is -0.857. The largest absolute Gasteiger partial charge is 0.480 e. The molecule has 100 valence electrons. The van der Waals surface area contributed by atoms with Crippen LogP contribution in [0.4, 0.5) is 0 Å². The van der Waals surface area contributed by atoms with Gasteiger partial charge < -0.3 is 5.11 Å². The molecule has 0 aliphatic carbocycles. The van der Waals surface area contributed by atoms with Crippen molar-refractivity contribution in [2.75, 3.05) is 0 Å². The third-order valence-corrected chi connectivity index (χ3v) is 3.68. The highest BCUT2D eigenvalue weighted by molar-refractivity contribution is 6.04. The molecule has 0 saturated heterocycles. The Morgan fingerprint density at radius 3 is 2.20 bits per heavy atom. The van der Waals surface area contributed by atoms with E-state index in [0.29, 0.717) is 6.42 Å². The van der Waals surface area contributed by atoms with Crippen LogP contribution in [0.5, 0.6) is 0 Å². The molecule has 2 aromatic rings. The first kappa shape index (κ1) is 12.6. The second kappa shape index (κ2) is 5.29. The minimum absolute atomic E-state index is 0.0797. The van der Waals surface area contributed by atoms with Gasteiger partial charge in [0, 0.05) is 11.6 Å². The SMILES string of the molecule is O=C(O)[C@H]1N=C(c2ccccc2)C[C@@H]1c1ccccc1. The number of hydrogen-bond donors (Lipinski definition) is 1. The summed E-state index contributed by atoms with van der Waals surface area (Å²) in [6.45, 7) is 0. The van der Waals surface area contributed by atoms with E-state index >= 15 is 0 Å². The van der Waals surface area contributed by atoms with Gasteiger partial charge in [0.2, 0.25) is 0 Å². The Bertz CT molecular complexity index is 635. The monoisotopic (exact) mass is 265 g/mol. The van der Waals surface area contributed by atoms with Crippen molar-refractivity contribution in [1.82, 2.24) is 0 Å². The Morgan fingerprint density at radius 2 is 1.60 bits per heavy atom. The molecule has 3 heteroatoms. The Labute approximate surface area is 117 Å². The molecule has 0 amide bonds. The van der Waals surface area contributed by atoms with E-state index in [1.807, 2.05) is 60.7 Å². The normalized spacial score (nSPS) is 21.5. The van der Waals surface area contributed by atoms with Crippen LogP contribution in [0.3, 0.4) is 0 Å². The first-order valence-electron chi connectivity index (χ1n) is 6.65. The van der Waals surface area contributed by atoms with E-state index in [1.54, 1.807) is 0 Å². The average Bonchev–Trinajstić information content (AvgIpc) is 2.94. The van der Waals surface area contributed by atoms with Crippen LogP contribution in [0, 0.1) is 0 Å². The summed E-state index contributed by atoms with van der Waals surface area (Å²) in [6.07, 6.45) is 0.672. The minimum Gasteiger partial charge on any atom is -0.480 e. The lowest BCUT2D eigenvalue weighted by Gasteiger charge is -2.14. The molecule has 0 radical (unpaired) electrons. The maximum Gasteiger partial charge on any atom is 0.329 e. The zero-order chi connectivity index (χ0) is 13.9. The maximum absolute atomic E-state index is 11.5. The zero-order valence-corrected chi connectivity index (χ0v) is 10.9. The van der Waals surface area contributed by atoms with E-state index in [4.69, 9.17) is 0 Å². The summed E-state index contributed by atoms with van der Waals surface area (Å²) in [6, 6.07) is 18.9. The van der Waals surface area contributed by atoms with Gasteiger partial charge in [-0.15, -0.1) is 0 Å². The number of carboxylic acids is 1. The van der Waals surface area contributed by atoms with E-state index < -0.39 is 12.0 Å². The summed E-state index contributed by atoms with van der Waals surface area (Å²) in [4.78, 5) is 15.9. The van der Waals surface area contributed by atoms with Gasteiger partial charge in [0.15, 0.2) is 6.04 Å². The highest BCUT2D eigenvalue weighted by Gasteiger charge is 2.35. The molecule has 0 bridgehead atoms. The molecule has 1 aliphatic heterocycles. The first-order chi connectivity index (χ1) is 9.75. The molecule has 1 aliphatic rings. The summed E-state index contributed by atoms with van der Waals surface area (Å²) in [5, 5.41) is 9.40. The lowest BCUT2D eigenvalue weighted by Crippen LogP contribution is -2.22. The van der Waals surface area contributed by atoms with E-state index in [2.05, 4.69) is 4.99 Å². The summed E-state index contributed by atoms with van der Waals surface area (Å²) >= 11 is 0. The van der Waals surface area contributed by atoms with Crippen LogP contribution in [0.1, 0.15) is 23.5 Å². The molecular formula is C17H15NO2. The smallest absolute Gasteiger partial charge is 0.329 e. The summed E-state index contributed by atoms with van der Waals surface area (Å²) in [5.74, 6) is -0.936. The lowest BCUT2D eigenvalue weighted by molar-refractivity contribution is -0.138. The number of aliphatic carboxylic acids is 1. The van der Waals surface area contributed by atoms with Crippen molar-refractivity contribution in [3.05, 3.63) is 71.8 Å². The summed E-state index contributed by atoms with van der Waals surface area (Å²) in [7, 11) is 0. The van der Waals surface area contributed by atoms with Gasteiger partial charge >= 0.3 is 5.97 Å². The van der Waals surface area contributed by atoms with Crippen molar-refractivity contribution in [2.24, 2.45) is 4.99 Å². The van der Waals surface area contributed by atoms with E-state index in [0.717, 1.165) is 16.8 Å². The van der Waals surface area contributed by atoms with Gasteiger partial charge in [-0.2, -0.15) is 0 Å². The fourth-order valence-corrected chi connectivity index (χ4v) is 2.68. The maximum atomic E-state index is 11.5. The quantitative estimate of drug-likeness (QED) is 0.927. The standard InChI is InChI=1S/C17H15NO2/c19-17(20)16-14(12-7-3-1-4-8-12)11-15(18-16)13-9-5-2-6-10-13/h1-10,14,16H,11H2,(H,19,20)/t14-,16+/m1/s1. The molecule has 2 aromatic carbocycles. The number of rotatable bonds is 3. The van der Waals surface area contributed by atoms with Crippen LogP contribution >= 0.6 is 0 Å². The zero-order valence-electron chi connectivity index (χ0n) is 10.9. The van der Waals surface area contributed by atoms with Gasteiger partial charge in [0.25, 0.3) is 0 Å². The number of carboxylic acid groups (broad SMARTS) is 1. The summed E-state index contributed by atoms with van der Waals surface area (Å²) in [5.41, 5.74) is 2.93. The van der Waals surface area contributed by atoms with Crippen molar-refractivity contribution in [3.63, 3.8) is 0 Å². The van der Waals surface area contributed by atoms with E-state index in [9.17, 15) is 9.90 Å². The Kier molecular flexibility index (Phi) is 3.33. The Hall–Kier alpha value is -2.42. The number of nitrogens with zero attached hydrogens (tertiary/aromatic N) is 1. The van der Waals surface area contributed by atoms with Gasteiger partial charge in [-0.25, -0.2) is 4.79 Å². The van der Waals surface area contributed by atoms with Gasteiger partial charge in [-0.1, -0.05) is 60.7 Å². The molecule has 0 aromatic heterocycles. The second-order valence-corrected chi connectivity index (χ2v) is 4.95. The molecule has 1 heterocycles. The third-order valence-electron chi connectivity index (χ3n) is 3.68. The van der Waals surface area contributed by atoms with E-state index in [-0.39, 0.29) is 5.92 Å². The predicted molar refractivity (Wildman–Crippen MR) is 78.2 cm³/mol. The van der Waals surface area contributed by atoms with Crippen molar-refractivity contribution < 1.29 is 9.90 Å². The predicted octanol–water partition coefficient (Wildman–Crippen LogP) is 3.12. The summed E-state index contributed by atoms with van der Waals surface area (Å²) < 4.78 is 0. The van der Waals surface area contributed by atoms with Gasteiger partial charge in [0.05, 0.1) is 0 Å². The first-order valence-corrected chi connectivity index (χ1v) is 6.65. The highest BCUT2D eigenvalue weighted by atomic mass is 16.4. The Balaban J connectivity index is 1.94. The topological polar surface area (TPSA) is 49.7 Å². The highest BCUT2D eigenvalue weighted by Crippen LogP contribution is 2.33. The van der Waals surface area contributed by atoms with Crippen LogP contribution in [-0.4, -0.2) is 22.8 Å². The van der Waals surface area contributed by atoms with E-state index in [1.165, 1.54) is 0 Å². The number of benzene rings is 2. The lowest BCUT2D eigenvalue weighted by atomic mass is 9.89. The fraction of sp³-hybridized carbons (Fsp3) is 0.176. The molecule has 3 rings (SSSR count). The van der Waals surface area contributed by atoms with Crippen molar-refractivity contribution in [1.29, 1.82) is 0 Å². The molecule has 0 saturated carbocycles. The number of carbonyl (C=O) groups is 1. The molecule has 20 heavy (non-hydrogen) atoms. The van der Waals surface area contributed by atoms with Gasteiger partial charge in [0.1, 0.15) is 0 Å². The third kappa shape index (κ3) is 2.35. The molecule has 0 unspecified atom stereocenters. The number of hydrogen-bond acceptors (Lipinski definition) is 2. The molecule has 1 N–H and O–H groups in total. The number of aliphatic imine (C=N–C) groups is 1. The van der Waals surface area contributed by atoms with Gasteiger partial charge in [-0.3, -0.25) is 4.99 Å². The molecule has 0 spiro atoms. The van der Waals surface area contributed by atoms with Crippen LogP contribution in [-0.2, 0) is 4.79 Å². The second-order valence-electron chi connectivity index (χ2n) is 4.95. The molecule has 3 nitrogen and oxygen atoms in total. The average molecular weight is 265 g/mol. The van der Waals surface area contributed by atoms with Crippen molar-refractivity contribution in [3.8, 4) is 0 Å². The Morgan fingerprint density at radius 1 is 1.00 bits per heavy atom. The fourth-order valence-electron chi connectivity index (χ4n) is 2.68. The molecule has 0 fully saturated rings. The van der Waals surface area contributed by atoms with Crippen LogP contribution in [0.2, 0.25) is 0 Å². The van der Waals surface area contributed by atoms with Gasteiger partial charge in [-0.05, 0) is 17.5 Å². The van der Waals surface area contributed by atoms with Crippen LogP contribution in [0.15, 0.2) is 65.7 Å². The van der Waals surface area contributed by atoms with Crippen molar-refractivity contribution >= 4 is 11.7 Å². The van der Waals surface area contributed by atoms with Crippen molar-refractivity contribution in [2.45, 2.75) is 18.4 Å². The van der Waals surface area contributed by atoms with Crippen LogP contribution < -0.4 is 0 Å². The molecular weight excluding hydrogens is 250 g/mol.